The highest BCUT2D eigenvalue weighted by Crippen LogP contribution is 2.27. The van der Waals surface area contributed by atoms with E-state index < -0.39 is 5.97 Å². The first-order valence-corrected chi connectivity index (χ1v) is 6.47. The molecule has 0 saturated heterocycles. The van der Waals surface area contributed by atoms with Gasteiger partial charge in [0, 0.05) is 42.3 Å². The van der Waals surface area contributed by atoms with Crippen LogP contribution in [0.4, 0.5) is 5.82 Å². The van der Waals surface area contributed by atoms with Crippen LogP contribution in [-0.4, -0.2) is 34.0 Å². The topological polar surface area (TPSA) is 118 Å². The Labute approximate surface area is 121 Å². The normalized spacial score (nSPS) is 13.2. The lowest BCUT2D eigenvalue weighted by molar-refractivity contribution is -0.119. The Bertz CT molecular complexity index is 683. The van der Waals surface area contributed by atoms with Gasteiger partial charge in [0.2, 0.25) is 5.91 Å². The van der Waals surface area contributed by atoms with Gasteiger partial charge in [0.05, 0.1) is 5.56 Å². The number of rotatable bonds is 3. The number of aromatic carboxylic acids is 1. The van der Waals surface area contributed by atoms with Crippen LogP contribution in [0.3, 0.4) is 0 Å². The molecular formula is C14H16N4O3. The monoisotopic (exact) mass is 288 g/mol. The van der Waals surface area contributed by atoms with Crippen LogP contribution in [0.25, 0.3) is 10.8 Å². The molecule has 0 atom stereocenters. The minimum Gasteiger partial charge on any atom is -0.478 e. The molecule has 7 nitrogen and oxygen atoms in total. The number of carboxylic acid groups (broad SMARTS) is 1. The number of anilines is 1. The highest BCUT2D eigenvalue weighted by atomic mass is 16.4. The van der Waals surface area contributed by atoms with E-state index >= 15 is 0 Å². The molecular weight excluding hydrogens is 272 g/mol. The van der Waals surface area contributed by atoms with Crippen molar-refractivity contribution in [3.63, 3.8) is 0 Å². The first-order chi connectivity index (χ1) is 10.0. The van der Waals surface area contributed by atoms with Gasteiger partial charge in [-0.1, -0.05) is 0 Å². The van der Waals surface area contributed by atoms with E-state index in [2.05, 4.69) is 15.3 Å². The van der Waals surface area contributed by atoms with E-state index in [1.54, 1.807) is 25.5 Å². The molecule has 1 saturated carbocycles. The third-order valence-electron chi connectivity index (χ3n) is 3.14. The molecule has 1 aliphatic carbocycles. The summed E-state index contributed by atoms with van der Waals surface area (Å²) in [5.74, 6) is -0.246. The van der Waals surface area contributed by atoms with Crippen molar-refractivity contribution in [1.82, 2.24) is 9.97 Å². The number of carbonyl (C=O) groups excluding carboxylic acids is 1. The average Bonchev–Trinajstić information content (AvgIpc) is 3.31. The number of primary amides is 1. The lowest BCUT2D eigenvalue weighted by Crippen LogP contribution is -2.11. The molecule has 110 valence electrons. The summed E-state index contributed by atoms with van der Waals surface area (Å²) in [6.07, 6.45) is 6.55. The van der Waals surface area contributed by atoms with Crippen molar-refractivity contribution < 1.29 is 14.7 Å². The van der Waals surface area contributed by atoms with Crippen molar-refractivity contribution in [1.29, 1.82) is 0 Å². The zero-order chi connectivity index (χ0) is 15.4. The molecule has 4 N–H and O–H groups in total. The fraction of sp³-hybridized carbons (Fsp3) is 0.286. The molecule has 21 heavy (non-hydrogen) atoms. The molecule has 0 unspecified atom stereocenters. The van der Waals surface area contributed by atoms with Crippen LogP contribution < -0.4 is 11.1 Å². The number of nitrogens with zero attached hydrogens (tertiary/aromatic N) is 2. The second-order valence-corrected chi connectivity index (χ2v) is 4.67. The Morgan fingerprint density at radius 3 is 2.52 bits per heavy atom. The van der Waals surface area contributed by atoms with Crippen LogP contribution in [0.2, 0.25) is 0 Å². The summed E-state index contributed by atoms with van der Waals surface area (Å²) in [5.41, 5.74) is 5.05. The maximum absolute atomic E-state index is 10.9. The van der Waals surface area contributed by atoms with Gasteiger partial charge in [0.1, 0.15) is 5.82 Å². The van der Waals surface area contributed by atoms with Crippen LogP contribution in [0.1, 0.15) is 23.2 Å². The maximum atomic E-state index is 10.9. The second-order valence-electron chi connectivity index (χ2n) is 4.67. The third-order valence-corrected chi connectivity index (χ3v) is 3.14. The van der Waals surface area contributed by atoms with E-state index in [9.17, 15) is 9.59 Å². The molecule has 1 amide bonds. The van der Waals surface area contributed by atoms with Gasteiger partial charge in [-0.15, -0.1) is 0 Å². The van der Waals surface area contributed by atoms with Crippen molar-refractivity contribution in [3.8, 4) is 0 Å². The molecule has 0 radical (unpaired) electrons. The van der Waals surface area contributed by atoms with E-state index in [1.807, 2.05) is 0 Å². The molecule has 2 heterocycles. The van der Waals surface area contributed by atoms with E-state index in [-0.39, 0.29) is 17.4 Å². The maximum Gasteiger partial charge on any atom is 0.337 e. The quantitative estimate of drug-likeness (QED) is 0.782. The van der Waals surface area contributed by atoms with Crippen LogP contribution in [0, 0.1) is 5.92 Å². The smallest absolute Gasteiger partial charge is 0.337 e. The van der Waals surface area contributed by atoms with E-state index in [0.717, 1.165) is 12.8 Å². The first kappa shape index (κ1) is 14.7. The van der Waals surface area contributed by atoms with Crippen molar-refractivity contribution in [2.24, 2.45) is 11.7 Å². The van der Waals surface area contributed by atoms with Crippen molar-refractivity contribution >= 4 is 28.5 Å². The molecule has 0 spiro atoms. The number of hydrogen-bond donors (Lipinski definition) is 3. The molecule has 2 aromatic rings. The molecule has 2 aromatic heterocycles. The van der Waals surface area contributed by atoms with E-state index in [4.69, 9.17) is 10.8 Å². The standard InChI is InChI=1S/C10H9N3O2.C4H7NO/c1-11-9-7-4-12-3-2-6(7)8(5-13-9)10(14)15;5-4(6)3-1-2-3/h2-5H,1H3,(H,11,13)(H,14,15);3H,1-2H2,(H2,5,6). The zero-order valence-electron chi connectivity index (χ0n) is 11.5. The highest BCUT2D eigenvalue weighted by molar-refractivity contribution is 6.06. The Morgan fingerprint density at radius 1 is 1.33 bits per heavy atom. The summed E-state index contributed by atoms with van der Waals surface area (Å²) in [6, 6.07) is 1.67. The zero-order valence-corrected chi connectivity index (χ0v) is 11.5. The first-order valence-electron chi connectivity index (χ1n) is 6.47. The largest absolute Gasteiger partial charge is 0.478 e. The van der Waals surface area contributed by atoms with Crippen LogP contribution >= 0.6 is 0 Å². The Balaban J connectivity index is 0.000000225. The van der Waals surface area contributed by atoms with Gasteiger partial charge in [0.25, 0.3) is 0 Å². The Hall–Kier alpha value is -2.70. The summed E-state index contributed by atoms with van der Waals surface area (Å²) < 4.78 is 0. The summed E-state index contributed by atoms with van der Waals surface area (Å²) in [6.45, 7) is 0. The summed E-state index contributed by atoms with van der Waals surface area (Å²) in [4.78, 5) is 28.9. The van der Waals surface area contributed by atoms with Crippen molar-refractivity contribution in [2.75, 3.05) is 12.4 Å². The fourth-order valence-corrected chi connectivity index (χ4v) is 1.82. The molecule has 1 aliphatic rings. The van der Waals surface area contributed by atoms with Crippen molar-refractivity contribution in [3.05, 3.63) is 30.2 Å². The van der Waals surface area contributed by atoms with Gasteiger partial charge in [-0.05, 0) is 18.9 Å². The number of carboxylic acids is 1. The van der Waals surface area contributed by atoms with Gasteiger partial charge in [-0.25, -0.2) is 9.78 Å². The molecule has 0 aliphatic heterocycles. The average molecular weight is 288 g/mol. The SMILES string of the molecule is CNc1ncc(C(=O)O)c2ccncc12.NC(=O)C1CC1. The minimum atomic E-state index is -0.985. The number of nitrogens with two attached hydrogens (primary N) is 1. The number of pyridine rings is 2. The van der Waals surface area contributed by atoms with Gasteiger partial charge >= 0.3 is 5.97 Å². The predicted octanol–water partition coefficient (Wildman–Crippen LogP) is 1.25. The Morgan fingerprint density at radius 2 is 2.05 bits per heavy atom. The molecule has 0 aromatic carbocycles. The molecule has 3 rings (SSSR count). The Kier molecular flexibility index (Phi) is 4.32. The lowest BCUT2D eigenvalue weighted by Gasteiger charge is -2.06. The van der Waals surface area contributed by atoms with Gasteiger partial charge in [0.15, 0.2) is 0 Å². The third kappa shape index (κ3) is 3.44. The lowest BCUT2D eigenvalue weighted by atomic mass is 10.1. The summed E-state index contributed by atoms with van der Waals surface area (Å²) >= 11 is 0. The second kappa shape index (κ2) is 6.17. The minimum absolute atomic E-state index is 0.130. The number of hydrogen-bond acceptors (Lipinski definition) is 5. The summed E-state index contributed by atoms with van der Waals surface area (Å²) in [5, 5.41) is 13.2. The van der Waals surface area contributed by atoms with Gasteiger partial charge in [-0.3, -0.25) is 9.78 Å². The predicted molar refractivity (Wildman–Crippen MR) is 78.0 cm³/mol. The molecule has 7 heteroatoms. The molecule has 1 fully saturated rings. The number of carbonyl (C=O) groups is 2. The van der Waals surface area contributed by atoms with Crippen LogP contribution in [0.5, 0.6) is 0 Å². The van der Waals surface area contributed by atoms with Gasteiger partial charge in [-0.2, -0.15) is 0 Å². The number of nitrogens with one attached hydrogen (secondary N) is 1. The van der Waals surface area contributed by atoms with E-state index in [0.29, 0.717) is 16.6 Å². The van der Waals surface area contributed by atoms with E-state index in [1.165, 1.54) is 6.20 Å². The highest BCUT2D eigenvalue weighted by Gasteiger charge is 2.26. The van der Waals surface area contributed by atoms with Gasteiger partial charge < -0.3 is 16.2 Å². The number of amides is 1. The summed E-state index contributed by atoms with van der Waals surface area (Å²) in [7, 11) is 1.73. The molecule has 0 bridgehead atoms. The fourth-order valence-electron chi connectivity index (χ4n) is 1.82. The van der Waals surface area contributed by atoms with Crippen LogP contribution in [-0.2, 0) is 4.79 Å². The number of fused-ring (bicyclic) bond motifs is 1. The number of aromatic nitrogens is 2. The van der Waals surface area contributed by atoms with Crippen molar-refractivity contribution in [2.45, 2.75) is 12.8 Å². The van der Waals surface area contributed by atoms with Crippen LogP contribution in [0.15, 0.2) is 24.7 Å².